The number of aliphatic hydroxyl groups is 1. The molecule has 0 saturated carbocycles. The molecule has 6 atom stereocenters. The van der Waals surface area contributed by atoms with Gasteiger partial charge < -0.3 is 33.5 Å². The van der Waals surface area contributed by atoms with Crippen LogP contribution in [0.2, 0.25) is 0 Å². The van der Waals surface area contributed by atoms with Crippen LogP contribution in [0.15, 0.2) is 115 Å². The van der Waals surface area contributed by atoms with Crippen LogP contribution in [0.25, 0.3) is 0 Å². The number of rotatable bonds is 10. The number of carbonyl (C=O) groups excluding carboxylic acids is 1. The smallest absolute Gasteiger partial charge is 0.338 e. The van der Waals surface area contributed by atoms with E-state index in [1.807, 2.05) is 97.1 Å². The molecular formula is C35H34O8. The fourth-order valence-electron chi connectivity index (χ4n) is 5.24. The highest BCUT2D eigenvalue weighted by molar-refractivity contribution is 5.91. The lowest BCUT2D eigenvalue weighted by Gasteiger charge is -2.47. The molecule has 6 rings (SSSR count). The topological polar surface area (TPSA) is 92.7 Å². The molecule has 43 heavy (non-hydrogen) atoms. The zero-order valence-electron chi connectivity index (χ0n) is 23.6. The van der Waals surface area contributed by atoms with E-state index in [1.165, 1.54) is 0 Å². The van der Waals surface area contributed by atoms with Crippen LogP contribution < -0.4 is 0 Å². The van der Waals surface area contributed by atoms with Gasteiger partial charge in [0, 0.05) is 5.56 Å². The first-order chi connectivity index (χ1) is 21.2. The standard InChI is InChI=1S/C35H34O8/c36-30-31-29(23-41-34(43-31)26-16-8-3-9-17-26)42-35(32(30)38-20-24-12-4-1-5-13-24)40-22-27-18-10-11-19-28(27)33(37)39-21-25-14-6-2-7-15-25/h1-19,29-32,34-36H,20-23H2/t29-,30+,31+,32-,34+,35-/m1/s1. The number of esters is 1. The second-order valence-corrected chi connectivity index (χ2v) is 10.5. The summed E-state index contributed by atoms with van der Waals surface area (Å²) in [6.45, 7) is 0.638. The number of aliphatic hydroxyl groups excluding tert-OH is 1. The van der Waals surface area contributed by atoms with E-state index < -0.39 is 43.0 Å². The molecule has 2 aliphatic rings. The van der Waals surface area contributed by atoms with Gasteiger partial charge in [0.05, 0.1) is 25.4 Å². The number of benzene rings is 4. The van der Waals surface area contributed by atoms with Crippen molar-refractivity contribution < 1.29 is 38.3 Å². The number of carbonyl (C=O) groups is 1. The van der Waals surface area contributed by atoms with E-state index >= 15 is 0 Å². The molecule has 0 radical (unpaired) electrons. The van der Waals surface area contributed by atoms with Gasteiger partial charge in [-0.1, -0.05) is 109 Å². The molecule has 0 spiro atoms. The maximum absolute atomic E-state index is 13.0. The lowest BCUT2D eigenvalue weighted by Crippen LogP contribution is -2.62. The third-order valence-electron chi connectivity index (χ3n) is 7.52. The average molecular weight is 583 g/mol. The quantitative estimate of drug-likeness (QED) is 0.251. The summed E-state index contributed by atoms with van der Waals surface area (Å²) in [4.78, 5) is 13.0. The van der Waals surface area contributed by atoms with Crippen LogP contribution in [-0.2, 0) is 48.2 Å². The molecule has 0 aromatic heterocycles. The van der Waals surface area contributed by atoms with E-state index in [9.17, 15) is 9.90 Å². The molecule has 0 aliphatic carbocycles. The van der Waals surface area contributed by atoms with Crippen LogP contribution in [0.5, 0.6) is 0 Å². The first-order valence-corrected chi connectivity index (χ1v) is 14.4. The Balaban J connectivity index is 1.16. The Labute approximate surface area is 250 Å². The summed E-state index contributed by atoms with van der Waals surface area (Å²) < 4.78 is 36.5. The van der Waals surface area contributed by atoms with Crippen molar-refractivity contribution in [3.63, 3.8) is 0 Å². The molecule has 2 aliphatic heterocycles. The SMILES string of the molecule is O=C(OCc1ccccc1)c1ccccc1CO[C@@H]1O[C@@H]2CO[C@H](c3ccccc3)O[C@@H]2[C@H](O)[C@H]1OCc1ccccc1. The average Bonchev–Trinajstić information content (AvgIpc) is 3.07. The molecular weight excluding hydrogens is 548 g/mol. The number of hydrogen-bond acceptors (Lipinski definition) is 8. The summed E-state index contributed by atoms with van der Waals surface area (Å²) in [6.07, 6.45) is -4.79. The molecule has 2 heterocycles. The molecule has 222 valence electrons. The fourth-order valence-corrected chi connectivity index (χ4v) is 5.24. The highest BCUT2D eigenvalue weighted by atomic mass is 16.8. The number of fused-ring (bicyclic) bond motifs is 1. The van der Waals surface area contributed by atoms with Crippen molar-refractivity contribution >= 4 is 5.97 Å². The Morgan fingerprint density at radius 2 is 1.35 bits per heavy atom. The van der Waals surface area contributed by atoms with Crippen LogP contribution in [0.3, 0.4) is 0 Å². The molecule has 8 nitrogen and oxygen atoms in total. The molecule has 0 amide bonds. The van der Waals surface area contributed by atoms with Gasteiger partial charge in [0.1, 0.15) is 31.0 Å². The third-order valence-corrected chi connectivity index (χ3v) is 7.52. The van der Waals surface area contributed by atoms with Crippen LogP contribution in [0.1, 0.15) is 38.9 Å². The predicted molar refractivity (Wildman–Crippen MR) is 156 cm³/mol. The van der Waals surface area contributed by atoms with E-state index in [-0.39, 0.29) is 26.4 Å². The second kappa shape index (κ2) is 14.1. The minimum Gasteiger partial charge on any atom is -0.457 e. The number of ether oxygens (including phenoxy) is 6. The van der Waals surface area contributed by atoms with Crippen molar-refractivity contribution in [1.82, 2.24) is 0 Å². The van der Waals surface area contributed by atoms with Gasteiger partial charge in [-0.25, -0.2) is 4.79 Å². The van der Waals surface area contributed by atoms with Crippen molar-refractivity contribution in [1.29, 1.82) is 0 Å². The van der Waals surface area contributed by atoms with Gasteiger partial charge in [-0.05, 0) is 22.8 Å². The van der Waals surface area contributed by atoms with Crippen LogP contribution in [0.4, 0.5) is 0 Å². The maximum atomic E-state index is 13.0. The van der Waals surface area contributed by atoms with Crippen LogP contribution >= 0.6 is 0 Å². The molecule has 0 bridgehead atoms. The third kappa shape index (κ3) is 7.19. The minimum atomic E-state index is -1.06. The van der Waals surface area contributed by atoms with Crippen molar-refractivity contribution in [2.75, 3.05) is 6.61 Å². The Bertz CT molecular complexity index is 1450. The van der Waals surface area contributed by atoms with E-state index in [0.29, 0.717) is 11.1 Å². The first-order valence-electron chi connectivity index (χ1n) is 14.4. The molecule has 2 saturated heterocycles. The molecule has 4 aromatic rings. The molecule has 0 unspecified atom stereocenters. The Hall–Kier alpha value is -3.89. The van der Waals surface area contributed by atoms with Gasteiger partial charge in [-0.3, -0.25) is 0 Å². The summed E-state index contributed by atoms with van der Waals surface area (Å²) in [6, 6.07) is 35.9. The molecule has 8 heteroatoms. The fraction of sp³-hybridized carbons (Fsp3) is 0.286. The molecule has 2 fully saturated rings. The summed E-state index contributed by atoms with van der Waals surface area (Å²) >= 11 is 0. The van der Waals surface area contributed by atoms with E-state index in [1.54, 1.807) is 18.2 Å². The van der Waals surface area contributed by atoms with E-state index in [2.05, 4.69) is 0 Å². The largest absolute Gasteiger partial charge is 0.457 e. The highest BCUT2D eigenvalue weighted by Crippen LogP contribution is 2.36. The lowest BCUT2D eigenvalue weighted by molar-refractivity contribution is -0.368. The summed E-state index contributed by atoms with van der Waals surface area (Å²) in [7, 11) is 0. The zero-order valence-corrected chi connectivity index (χ0v) is 23.6. The monoisotopic (exact) mass is 582 g/mol. The van der Waals surface area contributed by atoms with Crippen molar-refractivity contribution in [2.24, 2.45) is 0 Å². The first kappa shape index (κ1) is 29.2. The van der Waals surface area contributed by atoms with Gasteiger partial charge in [-0.2, -0.15) is 0 Å². The lowest BCUT2D eigenvalue weighted by atomic mass is 9.97. The summed E-state index contributed by atoms with van der Waals surface area (Å²) in [5, 5.41) is 11.6. The van der Waals surface area contributed by atoms with Crippen molar-refractivity contribution in [3.05, 3.63) is 143 Å². The van der Waals surface area contributed by atoms with Crippen LogP contribution in [-0.4, -0.2) is 48.4 Å². The summed E-state index contributed by atoms with van der Waals surface area (Å²) in [5.41, 5.74) is 3.71. The van der Waals surface area contributed by atoms with E-state index in [0.717, 1.165) is 16.7 Å². The van der Waals surface area contributed by atoms with Gasteiger partial charge in [0.2, 0.25) is 0 Å². The van der Waals surface area contributed by atoms with E-state index in [4.69, 9.17) is 28.4 Å². The Morgan fingerprint density at radius 3 is 2.07 bits per heavy atom. The number of hydrogen-bond donors (Lipinski definition) is 1. The highest BCUT2D eigenvalue weighted by Gasteiger charge is 2.50. The van der Waals surface area contributed by atoms with Gasteiger partial charge in [-0.15, -0.1) is 0 Å². The second-order valence-electron chi connectivity index (χ2n) is 10.5. The van der Waals surface area contributed by atoms with Gasteiger partial charge >= 0.3 is 5.97 Å². The predicted octanol–water partition coefficient (Wildman–Crippen LogP) is 5.35. The normalized spacial score (nSPS) is 25.0. The Morgan fingerprint density at radius 1 is 0.721 bits per heavy atom. The molecule has 1 N–H and O–H groups in total. The van der Waals surface area contributed by atoms with Gasteiger partial charge in [0.15, 0.2) is 12.6 Å². The van der Waals surface area contributed by atoms with Crippen molar-refractivity contribution in [3.8, 4) is 0 Å². The minimum absolute atomic E-state index is 0.0327. The van der Waals surface area contributed by atoms with Crippen molar-refractivity contribution in [2.45, 2.75) is 56.8 Å². The molecule has 4 aromatic carbocycles. The van der Waals surface area contributed by atoms with Crippen LogP contribution in [0, 0.1) is 0 Å². The summed E-state index contributed by atoms with van der Waals surface area (Å²) in [5.74, 6) is -0.453. The Kier molecular flexibility index (Phi) is 9.54. The van der Waals surface area contributed by atoms with Gasteiger partial charge in [0.25, 0.3) is 0 Å². The zero-order chi connectivity index (χ0) is 29.4. The maximum Gasteiger partial charge on any atom is 0.338 e.